The van der Waals surface area contributed by atoms with Crippen LogP contribution in [0.25, 0.3) is 10.9 Å². The zero-order valence-electron chi connectivity index (χ0n) is 13.9. The number of carbonyl (C=O) groups is 1. The fourth-order valence-electron chi connectivity index (χ4n) is 2.86. The van der Waals surface area contributed by atoms with Gasteiger partial charge in [-0.05, 0) is 12.1 Å². The number of carboxylic acids is 1. The molecule has 2 aromatic carbocycles. The average molecular weight is 358 g/mol. The number of para-hydroxylation sites is 2. The number of aromatic hydroxyl groups is 1. The number of fused-ring (bicyclic) bond motifs is 2. The predicted molar refractivity (Wildman–Crippen MR) is 92.7 cm³/mol. The van der Waals surface area contributed by atoms with E-state index in [4.69, 9.17) is 9.94 Å². The van der Waals surface area contributed by atoms with Crippen LogP contribution in [0.4, 0.5) is 5.69 Å². The summed E-state index contributed by atoms with van der Waals surface area (Å²) in [6.07, 6.45) is 0. The van der Waals surface area contributed by atoms with Crippen LogP contribution in [0.15, 0.2) is 58.7 Å². The molecule has 0 atom stereocenters. The summed E-state index contributed by atoms with van der Waals surface area (Å²) in [7, 11) is 0. The molecule has 0 bridgehead atoms. The zero-order chi connectivity index (χ0) is 17.4. The van der Waals surface area contributed by atoms with Crippen LogP contribution in [0.5, 0.6) is 5.88 Å². The van der Waals surface area contributed by atoms with Crippen molar-refractivity contribution < 1.29 is 49.4 Å². The van der Waals surface area contributed by atoms with E-state index >= 15 is 0 Å². The first-order chi connectivity index (χ1) is 12.1. The number of oxime groups is 1. The summed E-state index contributed by atoms with van der Waals surface area (Å²) >= 11 is 0. The van der Waals surface area contributed by atoms with Gasteiger partial charge in [0.2, 0.25) is 6.61 Å². The van der Waals surface area contributed by atoms with Crippen molar-refractivity contribution in [3.63, 3.8) is 0 Å². The van der Waals surface area contributed by atoms with Gasteiger partial charge in [0, 0.05) is 16.5 Å². The van der Waals surface area contributed by atoms with Crippen LogP contribution in [0.1, 0.15) is 11.1 Å². The Labute approximate surface area is 170 Å². The zero-order valence-corrected chi connectivity index (χ0v) is 15.9. The number of H-pyrrole nitrogens is 1. The fraction of sp³-hybridized carbons (Fsp3) is 0.0556. The van der Waals surface area contributed by atoms with Gasteiger partial charge in [-0.1, -0.05) is 41.6 Å². The third kappa shape index (κ3) is 3.12. The minimum absolute atomic E-state index is 0. The maximum atomic E-state index is 10.7. The number of aromatic nitrogens is 1. The van der Waals surface area contributed by atoms with Crippen molar-refractivity contribution >= 4 is 34.0 Å². The molecule has 3 N–H and O–H groups in total. The van der Waals surface area contributed by atoms with E-state index in [0.717, 1.165) is 10.9 Å². The average Bonchev–Trinajstić information content (AvgIpc) is 3.11. The molecule has 7 nitrogen and oxygen atoms in total. The molecule has 8 heteroatoms. The Morgan fingerprint density at radius 2 is 1.88 bits per heavy atom. The van der Waals surface area contributed by atoms with E-state index in [1.165, 1.54) is 0 Å². The van der Waals surface area contributed by atoms with E-state index in [9.17, 15) is 9.90 Å². The third-order valence-electron chi connectivity index (χ3n) is 3.88. The standard InChI is InChI=1S/C18H13N3O4.Na/c22-14(23)9-25-21-16-11-6-2-4-8-13(11)19-17(16)15-10-5-1-3-7-12(10)20-18(15)24;/h1-8,20,24H,9H2,(H,22,23);/q;+1/b21-16+;. The second kappa shape index (κ2) is 7.33. The molecule has 26 heavy (non-hydrogen) atoms. The fourth-order valence-corrected chi connectivity index (χ4v) is 2.86. The van der Waals surface area contributed by atoms with Gasteiger partial charge in [0.15, 0.2) is 5.88 Å². The van der Waals surface area contributed by atoms with Crippen LogP contribution >= 0.6 is 0 Å². The van der Waals surface area contributed by atoms with Crippen molar-refractivity contribution in [2.45, 2.75) is 0 Å². The van der Waals surface area contributed by atoms with Gasteiger partial charge in [0.25, 0.3) is 0 Å². The van der Waals surface area contributed by atoms with Crippen LogP contribution in [0.2, 0.25) is 0 Å². The molecule has 0 aliphatic carbocycles. The summed E-state index contributed by atoms with van der Waals surface area (Å²) in [5.74, 6) is -1.15. The molecule has 4 rings (SSSR count). The normalized spacial score (nSPS) is 14.0. The number of nitrogens with zero attached hydrogens (tertiary/aromatic N) is 2. The van der Waals surface area contributed by atoms with Crippen LogP contribution in [0.3, 0.4) is 0 Å². The van der Waals surface area contributed by atoms with Gasteiger partial charge in [-0.2, -0.15) is 0 Å². The summed E-state index contributed by atoms with van der Waals surface area (Å²) in [6, 6.07) is 14.7. The molecule has 1 aliphatic rings. The number of hydrogen-bond donors (Lipinski definition) is 3. The molecule has 1 aromatic heterocycles. The second-order valence-corrected chi connectivity index (χ2v) is 5.48. The molecule has 0 amide bonds. The number of carboxylic acid groups (broad SMARTS) is 1. The summed E-state index contributed by atoms with van der Waals surface area (Å²) in [5.41, 5.74) is 3.48. The van der Waals surface area contributed by atoms with Gasteiger partial charge in [-0.15, -0.1) is 0 Å². The molecular formula is C18H13N3NaO4+. The summed E-state index contributed by atoms with van der Waals surface area (Å²) in [5, 5.41) is 23.9. The van der Waals surface area contributed by atoms with E-state index in [2.05, 4.69) is 15.1 Å². The van der Waals surface area contributed by atoms with Crippen molar-refractivity contribution in [1.82, 2.24) is 4.98 Å². The van der Waals surface area contributed by atoms with Crippen LogP contribution in [-0.2, 0) is 9.63 Å². The first-order valence-electron chi connectivity index (χ1n) is 7.55. The minimum atomic E-state index is -1.12. The SMILES string of the molecule is O=C(O)CO/N=C1/C(c2c(O)[nH]c3ccccc23)=Nc2ccccc21.[Na+]. The first kappa shape index (κ1) is 18.2. The summed E-state index contributed by atoms with van der Waals surface area (Å²) in [4.78, 5) is 23.1. The number of aliphatic carboxylic acids is 1. The maximum absolute atomic E-state index is 10.7. The van der Waals surface area contributed by atoms with Crippen molar-refractivity contribution in [2.24, 2.45) is 10.1 Å². The van der Waals surface area contributed by atoms with Crippen molar-refractivity contribution in [1.29, 1.82) is 0 Å². The number of rotatable bonds is 4. The maximum Gasteiger partial charge on any atom is 1.00 e. The number of benzene rings is 2. The minimum Gasteiger partial charge on any atom is -0.494 e. The Balaban J connectivity index is 0.00000196. The van der Waals surface area contributed by atoms with E-state index in [1.54, 1.807) is 0 Å². The summed E-state index contributed by atoms with van der Waals surface area (Å²) < 4.78 is 0. The number of aromatic amines is 1. The Morgan fingerprint density at radius 3 is 2.69 bits per heavy atom. The van der Waals surface area contributed by atoms with E-state index in [0.29, 0.717) is 28.2 Å². The van der Waals surface area contributed by atoms with E-state index in [-0.39, 0.29) is 35.4 Å². The molecule has 124 valence electrons. The number of hydrogen-bond acceptors (Lipinski definition) is 5. The van der Waals surface area contributed by atoms with Gasteiger partial charge in [0.1, 0.15) is 11.4 Å². The van der Waals surface area contributed by atoms with Gasteiger partial charge < -0.3 is 20.0 Å². The molecule has 0 saturated heterocycles. The Kier molecular flexibility index (Phi) is 5.13. The number of nitrogens with one attached hydrogen (secondary N) is 1. The molecule has 1 aliphatic heterocycles. The van der Waals surface area contributed by atoms with Crippen LogP contribution < -0.4 is 29.6 Å². The van der Waals surface area contributed by atoms with Gasteiger partial charge in [0.05, 0.1) is 11.3 Å². The van der Waals surface area contributed by atoms with E-state index < -0.39 is 12.6 Å². The first-order valence-corrected chi connectivity index (χ1v) is 7.55. The molecule has 0 spiro atoms. The quantitative estimate of drug-likeness (QED) is 0.444. The van der Waals surface area contributed by atoms with E-state index in [1.807, 2.05) is 48.5 Å². The molecule has 0 fully saturated rings. The van der Waals surface area contributed by atoms with Gasteiger partial charge in [-0.3, -0.25) is 0 Å². The smallest absolute Gasteiger partial charge is 0.494 e. The Morgan fingerprint density at radius 1 is 1.15 bits per heavy atom. The summed E-state index contributed by atoms with van der Waals surface area (Å²) in [6.45, 7) is -0.557. The number of aliphatic imine (C=N–C) groups is 1. The molecule has 0 radical (unpaired) electrons. The molecule has 2 heterocycles. The predicted octanol–water partition coefficient (Wildman–Crippen LogP) is -0.183. The van der Waals surface area contributed by atoms with Crippen LogP contribution in [0, 0.1) is 0 Å². The second-order valence-electron chi connectivity index (χ2n) is 5.48. The largest absolute Gasteiger partial charge is 1.00 e. The molecule has 3 aromatic rings. The monoisotopic (exact) mass is 358 g/mol. The molecule has 0 unspecified atom stereocenters. The third-order valence-corrected chi connectivity index (χ3v) is 3.88. The van der Waals surface area contributed by atoms with Crippen LogP contribution in [-0.4, -0.2) is 39.2 Å². The Hall–Kier alpha value is -2.61. The van der Waals surface area contributed by atoms with Crippen molar-refractivity contribution in [3.8, 4) is 5.88 Å². The topological polar surface area (TPSA) is 107 Å². The van der Waals surface area contributed by atoms with Gasteiger partial charge >= 0.3 is 35.5 Å². The Bertz CT molecular complexity index is 1060. The molecular weight excluding hydrogens is 345 g/mol. The van der Waals surface area contributed by atoms with Crippen molar-refractivity contribution in [3.05, 3.63) is 59.7 Å². The van der Waals surface area contributed by atoms with Gasteiger partial charge in [-0.25, -0.2) is 9.79 Å². The molecule has 0 saturated carbocycles. The van der Waals surface area contributed by atoms with Crippen molar-refractivity contribution in [2.75, 3.05) is 6.61 Å².